The van der Waals surface area contributed by atoms with E-state index < -0.39 is 6.10 Å². The first-order chi connectivity index (χ1) is 10.3. The zero-order valence-corrected chi connectivity index (χ0v) is 11.9. The standard InChI is InChI=1S/C18H19NO2/c19-13-12-18(20)16-8-10-17(11-9-16)21-14-4-7-15-5-2-1-3-6-15/h1-3,5-6,8-11,18,20H,4,7,12,14H2. The highest BCUT2D eigenvalue weighted by Gasteiger charge is 2.06. The summed E-state index contributed by atoms with van der Waals surface area (Å²) in [7, 11) is 0. The summed E-state index contributed by atoms with van der Waals surface area (Å²) in [5.41, 5.74) is 2.06. The molecule has 0 heterocycles. The molecule has 2 aromatic rings. The van der Waals surface area contributed by atoms with Crippen molar-refractivity contribution in [2.75, 3.05) is 6.61 Å². The van der Waals surface area contributed by atoms with E-state index in [0.29, 0.717) is 6.61 Å². The third-order valence-corrected chi connectivity index (χ3v) is 3.27. The Labute approximate surface area is 125 Å². The molecular weight excluding hydrogens is 262 g/mol. The van der Waals surface area contributed by atoms with Crippen LogP contribution in [0.5, 0.6) is 5.75 Å². The van der Waals surface area contributed by atoms with Gasteiger partial charge in [-0.1, -0.05) is 42.5 Å². The van der Waals surface area contributed by atoms with E-state index in [1.165, 1.54) is 5.56 Å². The number of ether oxygens (including phenoxy) is 1. The van der Waals surface area contributed by atoms with Crippen molar-refractivity contribution >= 4 is 0 Å². The first-order valence-electron chi connectivity index (χ1n) is 7.11. The second-order valence-electron chi connectivity index (χ2n) is 4.88. The molecule has 0 fully saturated rings. The van der Waals surface area contributed by atoms with Gasteiger partial charge in [0.1, 0.15) is 5.75 Å². The maximum absolute atomic E-state index is 9.69. The smallest absolute Gasteiger partial charge is 0.119 e. The number of nitrogens with zero attached hydrogens (tertiary/aromatic N) is 1. The molecule has 108 valence electrons. The summed E-state index contributed by atoms with van der Waals surface area (Å²) in [6.45, 7) is 0.662. The molecule has 2 rings (SSSR count). The van der Waals surface area contributed by atoms with Crippen LogP contribution in [-0.2, 0) is 6.42 Å². The molecule has 3 heteroatoms. The van der Waals surface area contributed by atoms with Gasteiger partial charge in [0.2, 0.25) is 0 Å². The van der Waals surface area contributed by atoms with Gasteiger partial charge < -0.3 is 9.84 Å². The predicted molar refractivity (Wildman–Crippen MR) is 81.9 cm³/mol. The van der Waals surface area contributed by atoms with E-state index >= 15 is 0 Å². The maximum Gasteiger partial charge on any atom is 0.119 e. The molecule has 0 aliphatic heterocycles. The molecule has 0 saturated heterocycles. The van der Waals surface area contributed by atoms with E-state index in [0.717, 1.165) is 24.2 Å². The Morgan fingerprint density at radius 3 is 2.43 bits per heavy atom. The van der Waals surface area contributed by atoms with E-state index in [-0.39, 0.29) is 6.42 Å². The van der Waals surface area contributed by atoms with Gasteiger partial charge in [-0.25, -0.2) is 0 Å². The van der Waals surface area contributed by atoms with Gasteiger partial charge in [-0.3, -0.25) is 0 Å². The van der Waals surface area contributed by atoms with Crippen molar-refractivity contribution in [1.29, 1.82) is 5.26 Å². The highest BCUT2D eigenvalue weighted by molar-refractivity contribution is 5.28. The molecule has 0 saturated carbocycles. The number of hydrogen-bond donors (Lipinski definition) is 1. The number of rotatable bonds is 7. The molecule has 0 spiro atoms. The van der Waals surface area contributed by atoms with Crippen LogP contribution in [0.2, 0.25) is 0 Å². The summed E-state index contributed by atoms with van der Waals surface area (Å²) >= 11 is 0. The molecule has 2 aromatic carbocycles. The van der Waals surface area contributed by atoms with Crippen LogP contribution in [0, 0.1) is 11.3 Å². The van der Waals surface area contributed by atoms with Crippen LogP contribution >= 0.6 is 0 Å². The van der Waals surface area contributed by atoms with Gasteiger partial charge in [0.25, 0.3) is 0 Å². The summed E-state index contributed by atoms with van der Waals surface area (Å²) in [5, 5.41) is 18.2. The van der Waals surface area contributed by atoms with Crippen LogP contribution < -0.4 is 4.74 Å². The average Bonchev–Trinajstić information content (AvgIpc) is 2.53. The van der Waals surface area contributed by atoms with E-state index in [1.54, 1.807) is 12.1 Å². The Balaban J connectivity index is 1.75. The summed E-state index contributed by atoms with van der Waals surface area (Å²) in [6.07, 6.45) is 1.35. The summed E-state index contributed by atoms with van der Waals surface area (Å²) in [4.78, 5) is 0. The van der Waals surface area contributed by atoms with Crippen LogP contribution in [0.1, 0.15) is 30.1 Å². The lowest BCUT2D eigenvalue weighted by Gasteiger charge is -2.09. The van der Waals surface area contributed by atoms with Crippen molar-refractivity contribution < 1.29 is 9.84 Å². The highest BCUT2D eigenvalue weighted by Crippen LogP contribution is 2.20. The molecule has 0 bridgehead atoms. The fourth-order valence-corrected chi connectivity index (χ4v) is 2.10. The minimum atomic E-state index is -0.720. The second kappa shape index (κ2) is 8.08. The molecular formula is C18H19NO2. The summed E-state index contributed by atoms with van der Waals surface area (Å²) < 4.78 is 5.68. The average molecular weight is 281 g/mol. The number of benzene rings is 2. The van der Waals surface area contributed by atoms with Gasteiger partial charge in [-0.05, 0) is 36.1 Å². The molecule has 3 nitrogen and oxygen atoms in total. The lowest BCUT2D eigenvalue weighted by Crippen LogP contribution is -2.00. The molecule has 1 unspecified atom stereocenters. The Bertz CT molecular complexity index is 572. The Morgan fingerprint density at radius 1 is 1.05 bits per heavy atom. The van der Waals surface area contributed by atoms with Crippen molar-refractivity contribution in [3.63, 3.8) is 0 Å². The third kappa shape index (κ3) is 4.94. The van der Waals surface area contributed by atoms with Crippen molar-refractivity contribution in [3.05, 3.63) is 65.7 Å². The fraction of sp³-hybridized carbons (Fsp3) is 0.278. The van der Waals surface area contributed by atoms with Crippen LogP contribution in [0.3, 0.4) is 0 Å². The number of aliphatic hydroxyl groups excluding tert-OH is 1. The molecule has 0 aromatic heterocycles. The lowest BCUT2D eigenvalue weighted by atomic mass is 10.1. The normalized spacial score (nSPS) is 11.6. The van der Waals surface area contributed by atoms with Gasteiger partial charge in [0, 0.05) is 0 Å². The lowest BCUT2D eigenvalue weighted by molar-refractivity contribution is 0.183. The molecule has 0 radical (unpaired) electrons. The number of hydrogen-bond acceptors (Lipinski definition) is 3. The van der Waals surface area contributed by atoms with Crippen LogP contribution in [-0.4, -0.2) is 11.7 Å². The van der Waals surface area contributed by atoms with Gasteiger partial charge >= 0.3 is 0 Å². The van der Waals surface area contributed by atoms with Crippen LogP contribution in [0.25, 0.3) is 0 Å². The van der Waals surface area contributed by atoms with E-state index in [1.807, 2.05) is 36.4 Å². The third-order valence-electron chi connectivity index (χ3n) is 3.27. The molecule has 0 aliphatic carbocycles. The van der Waals surface area contributed by atoms with Crippen LogP contribution in [0.15, 0.2) is 54.6 Å². The molecule has 1 atom stereocenters. The van der Waals surface area contributed by atoms with E-state index in [2.05, 4.69) is 12.1 Å². The first-order valence-corrected chi connectivity index (χ1v) is 7.11. The number of aliphatic hydroxyl groups is 1. The monoisotopic (exact) mass is 281 g/mol. The molecule has 0 amide bonds. The van der Waals surface area contributed by atoms with E-state index in [9.17, 15) is 5.11 Å². The first kappa shape index (κ1) is 15.1. The Hall–Kier alpha value is -2.31. The fourth-order valence-electron chi connectivity index (χ4n) is 2.10. The Kier molecular flexibility index (Phi) is 5.81. The highest BCUT2D eigenvalue weighted by atomic mass is 16.5. The van der Waals surface area contributed by atoms with Crippen LogP contribution in [0.4, 0.5) is 0 Å². The topological polar surface area (TPSA) is 53.2 Å². The van der Waals surface area contributed by atoms with Gasteiger partial charge in [-0.2, -0.15) is 5.26 Å². The van der Waals surface area contributed by atoms with Crippen molar-refractivity contribution in [3.8, 4) is 11.8 Å². The maximum atomic E-state index is 9.69. The predicted octanol–water partition coefficient (Wildman–Crippen LogP) is 3.65. The van der Waals surface area contributed by atoms with Crippen molar-refractivity contribution in [1.82, 2.24) is 0 Å². The van der Waals surface area contributed by atoms with Gasteiger partial charge in [0.15, 0.2) is 0 Å². The zero-order valence-electron chi connectivity index (χ0n) is 11.9. The SMILES string of the molecule is N#CCC(O)c1ccc(OCCCc2ccccc2)cc1. The largest absolute Gasteiger partial charge is 0.494 e. The minimum Gasteiger partial charge on any atom is -0.494 e. The second-order valence-corrected chi connectivity index (χ2v) is 4.88. The summed E-state index contributed by atoms with van der Waals surface area (Å²) in [5.74, 6) is 0.788. The molecule has 1 N–H and O–H groups in total. The van der Waals surface area contributed by atoms with Crippen molar-refractivity contribution in [2.45, 2.75) is 25.4 Å². The van der Waals surface area contributed by atoms with Gasteiger partial charge in [-0.15, -0.1) is 0 Å². The number of aryl methyl sites for hydroxylation is 1. The Morgan fingerprint density at radius 2 is 1.76 bits per heavy atom. The zero-order chi connectivity index (χ0) is 14.9. The van der Waals surface area contributed by atoms with E-state index in [4.69, 9.17) is 10.00 Å². The summed E-state index contributed by atoms with van der Waals surface area (Å²) in [6, 6.07) is 19.6. The molecule has 21 heavy (non-hydrogen) atoms. The number of nitriles is 1. The minimum absolute atomic E-state index is 0.108. The van der Waals surface area contributed by atoms with Gasteiger partial charge in [0.05, 0.1) is 25.2 Å². The molecule has 0 aliphatic rings. The van der Waals surface area contributed by atoms with Crippen molar-refractivity contribution in [2.24, 2.45) is 0 Å². The quantitative estimate of drug-likeness (QED) is 0.788.